The maximum Gasteiger partial charge on any atom is 0.331 e. The molecular formula is C26H42BrNO2. The molecule has 0 N–H and O–H groups in total. The minimum atomic E-state index is -0.276. The van der Waals surface area contributed by atoms with Crippen LogP contribution < -0.4 is 0 Å². The summed E-state index contributed by atoms with van der Waals surface area (Å²) in [6.45, 7) is 18.3. The molecule has 30 heavy (non-hydrogen) atoms. The monoisotopic (exact) mass is 479 g/mol. The van der Waals surface area contributed by atoms with E-state index in [-0.39, 0.29) is 28.4 Å². The number of hydrogen-bond acceptors (Lipinski definition) is 3. The Hall–Kier alpha value is -1.39. The first kappa shape index (κ1) is 28.6. The highest BCUT2D eigenvalue weighted by Gasteiger charge is 2.26. The van der Waals surface area contributed by atoms with E-state index >= 15 is 0 Å². The molecule has 0 bridgehead atoms. The molecule has 0 unspecified atom stereocenters. The maximum atomic E-state index is 11.9. The lowest BCUT2D eigenvalue weighted by atomic mass is 9.72. The van der Waals surface area contributed by atoms with Gasteiger partial charge in [0.15, 0.2) is 0 Å². The summed E-state index contributed by atoms with van der Waals surface area (Å²) in [4.78, 5) is 14.1. The summed E-state index contributed by atoms with van der Waals surface area (Å²) >= 11 is 0. The Morgan fingerprint density at radius 1 is 1.13 bits per heavy atom. The Morgan fingerprint density at radius 2 is 1.80 bits per heavy atom. The fraction of sp³-hybridized carbons (Fsp3) is 0.577. The smallest absolute Gasteiger partial charge is 0.331 e. The summed E-state index contributed by atoms with van der Waals surface area (Å²) in [7, 11) is 0. The number of esters is 1. The van der Waals surface area contributed by atoms with Gasteiger partial charge in [0.25, 0.3) is 0 Å². The standard InChI is InChI=1S/C26H41NO2.BrH/c1-8-27(9-2)18-19-29-25(28)20-22(4)13-10-12-21(3)15-16-24-23(5)14-11-17-26(24,6)7;/h10,12-13,15-16,20H,8-9,11,14,17-19H2,1-7H3;1H/b13-10+,16-15+,21-12+,22-20+;. The number of carbonyl (C=O) groups excluding carboxylic acids is 1. The molecule has 0 aromatic heterocycles. The first-order chi connectivity index (χ1) is 13.7. The van der Waals surface area contributed by atoms with E-state index in [4.69, 9.17) is 4.74 Å². The highest BCUT2D eigenvalue weighted by atomic mass is 79.9. The van der Waals surface area contributed by atoms with E-state index in [2.05, 4.69) is 64.7 Å². The molecule has 0 atom stereocenters. The molecule has 170 valence electrons. The molecular weight excluding hydrogens is 438 g/mol. The number of likely N-dealkylation sites (N-methyl/N-ethyl adjacent to an activating group) is 1. The number of hydrogen-bond donors (Lipinski definition) is 0. The second kappa shape index (κ2) is 14.6. The molecule has 0 aliphatic heterocycles. The third kappa shape index (κ3) is 10.6. The van der Waals surface area contributed by atoms with Gasteiger partial charge in [-0.25, -0.2) is 4.79 Å². The van der Waals surface area contributed by atoms with Crippen molar-refractivity contribution in [3.63, 3.8) is 0 Å². The highest BCUT2D eigenvalue weighted by molar-refractivity contribution is 8.93. The molecule has 1 rings (SSSR count). The van der Waals surface area contributed by atoms with Crippen LogP contribution in [0.2, 0.25) is 0 Å². The van der Waals surface area contributed by atoms with Gasteiger partial charge in [-0.1, -0.05) is 69.2 Å². The van der Waals surface area contributed by atoms with Crippen LogP contribution in [0.15, 0.2) is 58.7 Å². The molecule has 0 fully saturated rings. The van der Waals surface area contributed by atoms with Crippen LogP contribution in [-0.2, 0) is 9.53 Å². The SMILES string of the molecule is Br.CCN(CC)CCOC(=O)/C=C(C)/C=C/C=C(C)/C=C/C1=C(C)CCCC1(C)C. The Kier molecular flexibility index (Phi) is 13.9. The zero-order valence-electron chi connectivity index (χ0n) is 20.1. The predicted molar refractivity (Wildman–Crippen MR) is 135 cm³/mol. The van der Waals surface area contributed by atoms with Crippen molar-refractivity contribution < 1.29 is 9.53 Å². The second-order valence-corrected chi connectivity index (χ2v) is 8.62. The van der Waals surface area contributed by atoms with Crippen molar-refractivity contribution in [2.75, 3.05) is 26.2 Å². The molecule has 3 nitrogen and oxygen atoms in total. The zero-order valence-corrected chi connectivity index (χ0v) is 21.8. The van der Waals surface area contributed by atoms with Crippen LogP contribution in [0.4, 0.5) is 0 Å². The number of ether oxygens (including phenoxy) is 1. The Labute approximate surface area is 195 Å². The largest absolute Gasteiger partial charge is 0.461 e. The van der Waals surface area contributed by atoms with E-state index in [1.807, 2.05) is 19.1 Å². The number of allylic oxidation sites excluding steroid dienone is 9. The van der Waals surface area contributed by atoms with Crippen molar-refractivity contribution in [3.05, 3.63) is 58.7 Å². The molecule has 0 aromatic carbocycles. The van der Waals surface area contributed by atoms with Crippen molar-refractivity contribution in [1.29, 1.82) is 0 Å². The topological polar surface area (TPSA) is 29.5 Å². The van der Waals surface area contributed by atoms with Gasteiger partial charge < -0.3 is 9.64 Å². The number of carbonyl (C=O) groups is 1. The molecule has 0 spiro atoms. The number of rotatable bonds is 10. The van der Waals surface area contributed by atoms with Crippen LogP contribution in [-0.4, -0.2) is 37.1 Å². The summed E-state index contributed by atoms with van der Waals surface area (Å²) in [5.41, 5.74) is 5.33. The molecule has 0 aromatic rings. The van der Waals surface area contributed by atoms with Gasteiger partial charge in [-0.15, -0.1) is 17.0 Å². The molecule has 0 saturated heterocycles. The van der Waals surface area contributed by atoms with Crippen LogP contribution in [0.5, 0.6) is 0 Å². The van der Waals surface area contributed by atoms with Gasteiger partial charge in [0.05, 0.1) is 0 Å². The Morgan fingerprint density at radius 3 is 2.40 bits per heavy atom. The lowest BCUT2D eigenvalue weighted by Crippen LogP contribution is -2.27. The third-order valence-electron chi connectivity index (χ3n) is 5.67. The van der Waals surface area contributed by atoms with Gasteiger partial charge in [0.1, 0.15) is 6.61 Å². The molecule has 0 heterocycles. The Balaban J connectivity index is 0.00000841. The number of halogens is 1. The molecule has 0 radical (unpaired) electrons. The fourth-order valence-electron chi connectivity index (χ4n) is 3.72. The van der Waals surface area contributed by atoms with Crippen LogP contribution in [0.1, 0.15) is 67.7 Å². The lowest BCUT2D eigenvalue weighted by Gasteiger charge is -2.32. The van der Waals surface area contributed by atoms with Crippen LogP contribution in [0.25, 0.3) is 0 Å². The van der Waals surface area contributed by atoms with Gasteiger partial charge in [-0.05, 0) is 69.7 Å². The second-order valence-electron chi connectivity index (χ2n) is 8.62. The Bertz CT molecular complexity index is 692. The summed E-state index contributed by atoms with van der Waals surface area (Å²) in [5, 5.41) is 0. The van der Waals surface area contributed by atoms with Crippen molar-refractivity contribution in [2.45, 2.75) is 67.7 Å². The molecule has 1 aliphatic carbocycles. The fourth-order valence-corrected chi connectivity index (χ4v) is 3.72. The van der Waals surface area contributed by atoms with Gasteiger partial charge in [-0.2, -0.15) is 0 Å². The minimum absolute atomic E-state index is 0. The molecule has 0 amide bonds. The summed E-state index contributed by atoms with van der Waals surface area (Å²) in [5.74, 6) is -0.276. The van der Waals surface area contributed by atoms with E-state index in [0.29, 0.717) is 6.61 Å². The van der Waals surface area contributed by atoms with Crippen LogP contribution in [0.3, 0.4) is 0 Å². The quantitative estimate of drug-likeness (QED) is 0.192. The van der Waals surface area contributed by atoms with Crippen LogP contribution in [0, 0.1) is 5.41 Å². The van der Waals surface area contributed by atoms with Gasteiger partial charge in [-0.3, -0.25) is 0 Å². The van der Waals surface area contributed by atoms with Crippen LogP contribution >= 0.6 is 17.0 Å². The normalized spacial score (nSPS) is 17.7. The predicted octanol–water partition coefficient (Wildman–Crippen LogP) is 6.98. The van der Waals surface area contributed by atoms with E-state index in [1.165, 1.54) is 36.0 Å². The lowest BCUT2D eigenvalue weighted by molar-refractivity contribution is -0.138. The van der Waals surface area contributed by atoms with Crippen molar-refractivity contribution in [2.24, 2.45) is 5.41 Å². The average molecular weight is 481 g/mol. The third-order valence-corrected chi connectivity index (χ3v) is 5.67. The average Bonchev–Trinajstić information content (AvgIpc) is 2.64. The summed E-state index contributed by atoms with van der Waals surface area (Å²) in [6.07, 6.45) is 15.8. The van der Waals surface area contributed by atoms with Gasteiger partial charge >= 0.3 is 5.97 Å². The highest BCUT2D eigenvalue weighted by Crippen LogP contribution is 2.40. The maximum absolute atomic E-state index is 11.9. The number of nitrogens with zero attached hydrogens (tertiary/aromatic N) is 1. The van der Waals surface area contributed by atoms with E-state index in [1.54, 1.807) is 6.08 Å². The van der Waals surface area contributed by atoms with Crippen molar-refractivity contribution >= 4 is 23.0 Å². The molecule has 1 aliphatic rings. The first-order valence-corrected chi connectivity index (χ1v) is 11.0. The van der Waals surface area contributed by atoms with Crippen molar-refractivity contribution in [3.8, 4) is 0 Å². The van der Waals surface area contributed by atoms with E-state index < -0.39 is 0 Å². The summed E-state index contributed by atoms with van der Waals surface area (Å²) < 4.78 is 5.29. The summed E-state index contributed by atoms with van der Waals surface area (Å²) in [6, 6.07) is 0. The van der Waals surface area contributed by atoms with E-state index in [9.17, 15) is 4.79 Å². The van der Waals surface area contributed by atoms with E-state index in [0.717, 1.165) is 25.2 Å². The zero-order chi connectivity index (χ0) is 21.9. The minimum Gasteiger partial charge on any atom is -0.461 e. The first-order valence-electron chi connectivity index (χ1n) is 11.0. The van der Waals surface area contributed by atoms with Crippen molar-refractivity contribution in [1.82, 2.24) is 4.90 Å². The molecule has 0 saturated carbocycles. The molecule has 4 heteroatoms. The van der Waals surface area contributed by atoms with Gasteiger partial charge in [0, 0.05) is 12.6 Å². The van der Waals surface area contributed by atoms with Gasteiger partial charge in [0.2, 0.25) is 0 Å².